The van der Waals surface area contributed by atoms with Crippen LogP contribution in [-0.2, 0) is 9.53 Å². The summed E-state index contributed by atoms with van der Waals surface area (Å²) in [5.74, 6) is -0.262. The van der Waals surface area contributed by atoms with Crippen LogP contribution in [0.25, 0.3) is 0 Å². The van der Waals surface area contributed by atoms with Crippen molar-refractivity contribution in [2.45, 2.75) is 44.6 Å². The zero-order chi connectivity index (χ0) is 8.81. The van der Waals surface area contributed by atoms with E-state index in [9.17, 15) is 4.79 Å². The normalized spacial score (nSPS) is 18.5. The van der Waals surface area contributed by atoms with Crippen molar-refractivity contribution < 1.29 is 9.53 Å². The molecule has 0 radical (unpaired) electrons. The predicted octanol–water partition coefficient (Wildman–Crippen LogP) is 0.563. The van der Waals surface area contributed by atoms with Crippen LogP contribution in [0.1, 0.15) is 38.5 Å². The third-order valence-corrected chi connectivity index (χ3v) is 2.27. The van der Waals surface area contributed by atoms with Gasteiger partial charge in [0.1, 0.15) is 6.10 Å². The molecule has 0 heterocycles. The van der Waals surface area contributed by atoms with E-state index >= 15 is 0 Å². The summed E-state index contributed by atoms with van der Waals surface area (Å²) in [6.07, 6.45) is 7.10. The van der Waals surface area contributed by atoms with Crippen molar-refractivity contribution in [3.63, 3.8) is 0 Å². The second-order valence-electron chi connectivity index (χ2n) is 3.31. The minimum atomic E-state index is -0.262. The summed E-state index contributed by atoms with van der Waals surface area (Å²) >= 11 is 0. The van der Waals surface area contributed by atoms with Crippen LogP contribution in [0, 0.1) is 0 Å². The monoisotopic (exact) mass is 195 g/mol. The second kappa shape index (κ2) is 7.80. The van der Waals surface area contributed by atoms with Gasteiger partial charge >= 0.3 is 35.5 Å². The van der Waals surface area contributed by atoms with Gasteiger partial charge in [-0.1, -0.05) is 12.8 Å². The van der Waals surface area contributed by atoms with Gasteiger partial charge in [0, 0.05) is 0 Å². The molecule has 1 aliphatic carbocycles. The Morgan fingerprint density at radius 3 is 2.23 bits per heavy atom. The Morgan fingerprint density at radius 1 is 1.23 bits per heavy atom. The van der Waals surface area contributed by atoms with Crippen LogP contribution in [0.5, 0.6) is 0 Å². The molecule has 0 bridgehead atoms. The average molecular weight is 195 g/mol. The number of ether oxygens (including phenoxy) is 1. The van der Waals surface area contributed by atoms with E-state index in [0.29, 0.717) is 0 Å². The van der Waals surface area contributed by atoms with Crippen LogP contribution in [0.15, 0.2) is 0 Å². The number of rotatable bonds is 2. The number of hydrogen-bond donors (Lipinski definition) is 1. The fraction of sp³-hybridized carbons (Fsp3) is 0.889. The third kappa shape index (κ3) is 5.68. The van der Waals surface area contributed by atoms with Crippen molar-refractivity contribution >= 4 is 35.5 Å². The molecule has 0 aromatic carbocycles. The summed E-state index contributed by atoms with van der Waals surface area (Å²) < 4.78 is 5.16. The Kier molecular flexibility index (Phi) is 8.06. The Balaban J connectivity index is 0.00000144. The molecule has 0 amide bonds. The molecule has 0 saturated heterocycles. The van der Waals surface area contributed by atoms with Crippen molar-refractivity contribution in [1.82, 2.24) is 0 Å². The van der Waals surface area contributed by atoms with Gasteiger partial charge in [-0.25, -0.2) is 0 Å². The van der Waals surface area contributed by atoms with Gasteiger partial charge in [-0.3, -0.25) is 4.79 Å². The summed E-state index contributed by atoms with van der Waals surface area (Å²) in [6, 6.07) is 0. The van der Waals surface area contributed by atoms with E-state index in [0.717, 1.165) is 12.8 Å². The van der Waals surface area contributed by atoms with Crippen LogP contribution in [0.2, 0.25) is 0 Å². The van der Waals surface area contributed by atoms with Gasteiger partial charge in [0.05, 0.1) is 6.54 Å². The van der Waals surface area contributed by atoms with Gasteiger partial charge in [-0.15, -0.1) is 0 Å². The fourth-order valence-corrected chi connectivity index (χ4v) is 1.59. The number of carbonyl (C=O) groups excluding carboxylic acids is 1. The molecule has 1 fully saturated rings. The van der Waals surface area contributed by atoms with Crippen molar-refractivity contribution in [3.8, 4) is 0 Å². The first-order valence-corrected chi connectivity index (χ1v) is 4.72. The first kappa shape index (κ1) is 13.4. The Morgan fingerprint density at radius 2 is 1.77 bits per heavy atom. The summed E-state index contributed by atoms with van der Waals surface area (Å²) in [5, 5.41) is 0. The number of hydrogen-bond acceptors (Lipinski definition) is 3. The molecule has 2 N–H and O–H groups in total. The van der Waals surface area contributed by atoms with Crippen LogP contribution in [-0.4, -0.2) is 48.2 Å². The van der Waals surface area contributed by atoms with E-state index in [1.807, 2.05) is 0 Å². The molecule has 72 valence electrons. The molecular formula is C9H18NNaO2. The molecule has 1 saturated carbocycles. The second-order valence-corrected chi connectivity index (χ2v) is 3.31. The molecule has 13 heavy (non-hydrogen) atoms. The van der Waals surface area contributed by atoms with E-state index in [2.05, 4.69) is 0 Å². The van der Waals surface area contributed by atoms with Crippen molar-refractivity contribution in [1.29, 1.82) is 0 Å². The van der Waals surface area contributed by atoms with E-state index < -0.39 is 0 Å². The van der Waals surface area contributed by atoms with Crippen LogP contribution in [0.4, 0.5) is 0 Å². The maximum absolute atomic E-state index is 10.8. The zero-order valence-corrected chi connectivity index (χ0v) is 7.42. The molecule has 0 atom stereocenters. The first-order chi connectivity index (χ1) is 5.83. The summed E-state index contributed by atoms with van der Waals surface area (Å²) in [7, 11) is 0. The molecule has 0 spiro atoms. The average Bonchev–Trinajstić information content (AvgIpc) is 2.33. The Labute approximate surface area is 102 Å². The van der Waals surface area contributed by atoms with Gasteiger partial charge < -0.3 is 10.5 Å². The number of carbonyl (C=O) groups is 1. The molecule has 0 aromatic heterocycles. The first-order valence-electron chi connectivity index (χ1n) is 4.72. The minimum absolute atomic E-state index is 0. The molecule has 0 aliphatic heterocycles. The van der Waals surface area contributed by atoms with Crippen molar-refractivity contribution in [2.24, 2.45) is 5.73 Å². The quantitative estimate of drug-likeness (QED) is 0.398. The van der Waals surface area contributed by atoms with Gasteiger partial charge in [0.25, 0.3) is 0 Å². The molecule has 1 rings (SSSR count). The van der Waals surface area contributed by atoms with Crippen LogP contribution < -0.4 is 5.73 Å². The van der Waals surface area contributed by atoms with Gasteiger partial charge in [-0.05, 0) is 25.7 Å². The summed E-state index contributed by atoms with van der Waals surface area (Å²) in [6.45, 7) is 0.0104. The molecule has 0 aromatic rings. The van der Waals surface area contributed by atoms with E-state index in [-0.39, 0.29) is 48.2 Å². The molecular weight excluding hydrogens is 177 g/mol. The molecule has 1 aliphatic rings. The maximum atomic E-state index is 10.8. The predicted molar refractivity (Wildman–Crippen MR) is 53.8 cm³/mol. The van der Waals surface area contributed by atoms with Gasteiger partial charge in [0.2, 0.25) is 0 Å². The number of esters is 1. The summed E-state index contributed by atoms with van der Waals surface area (Å²) in [4.78, 5) is 10.8. The summed E-state index contributed by atoms with van der Waals surface area (Å²) in [5.41, 5.74) is 5.15. The van der Waals surface area contributed by atoms with Gasteiger partial charge in [-0.2, -0.15) is 0 Å². The molecule has 0 unspecified atom stereocenters. The van der Waals surface area contributed by atoms with Crippen molar-refractivity contribution in [2.75, 3.05) is 6.54 Å². The topological polar surface area (TPSA) is 52.3 Å². The number of nitrogens with two attached hydrogens (primary N) is 1. The molecule has 4 heteroatoms. The molecule has 3 nitrogen and oxygen atoms in total. The fourth-order valence-electron chi connectivity index (χ4n) is 1.59. The van der Waals surface area contributed by atoms with Gasteiger partial charge in [0.15, 0.2) is 0 Å². The van der Waals surface area contributed by atoms with Crippen LogP contribution >= 0.6 is 0 Å². The van der Waals surface area contributed by atoms with E-state index in [1.54, 1.807) is 0 Å². The van der Waals surface area contributed by atoms with E-state index in [4.69, 9.17) is 10.5 Å². The van der Waals surface area contributed by atoms with Crippen LogP contribution in [0.3, 0.4) is 0 Å². The van der Waals surface area contributed by atoms with Crippen molar-refractivity contribution in [3.05, 3.63) is 0 Å². The standard InChI is InChI=1S/C9H17NO2.Na.H/c10-7-9(11)12-8-5-3-1-2-4-6-8;;/h8H,1-7,10H2;;. The third-order valence-electron chi connectivity index (χ3n) is 2.27. The Hall–Kier alpha value is 0.430. The van der Waals surface area contributed by atoms with E-state index in [1.165, 1.54) is 25.7 Å². The zero-order valence-electron chi connectivity index (χ0n) is 7.42. The Bertz CT molecular complexity index is 145. The SMILES string of the molecule is NCC(=O)OC1CCCCCC1.[NaH].